The Morgan fingerprint density at radius 3 is 2.14 bits per heavy atom. The number of nitrogens with zero attached hydrogens (tertiary/aromatic N) is 1. The highest BCUT2D eigenvalue weighted by Gasteiger charge is 2.41. The maximum atomic E-state index is 13.5. The molecule has 3 rings (SSSR count). The molecule has 2 atom stereocenters. The zero-order valence-corrected chi connectivity index (χ0v) is 20.2. The third-order valence-electron chi connectivity index (χ3n) is 5.72. The number of non-ortho nitro benzene ring substituents is 1. The average molecular weight is 530 g/mol. The Labute approximate surface area is 205 Å². The number of rotatable bonds is 10. The van der Waals surface area contributed by atoms with Crippen LogP contribution >= 0.6 is 7.75 Å². The van der Waals surface area contributed by atoms with E-state index in [0.29, 0.717) is 0 Å². The van der Waals surface area contributed by atoms with Gasteiger partial charge in [-0.2, -0.15) is 18.3 Å². The van der Waals surface area contributed by atoms with E-state index in [1.165, 1.54) is 31.2 Å². The number of ether oxygens (including phenoxy) is 1. The lowest BCUT2D eigenvalue weighted by Gasteiger charge is -2.29. The maximum Gasteiger partial charge on any atom is 0.513 e. The lowest BCUT2D eigenvalue weighted by molar-refractivity contribution is -0.384. The Morgan fingerprint density at radius 2 is 1.61 bits per heavy atom. The second kappa shape index (κ2) is 11.7. The van der Waals surface area contributed by atoms with Gasteiger partial charge in [0.1, 0.15) is 17.5 Å². The quantitative estimate of drug-likeness (QED) is 0.171. The van der Waals surface area contributed by atoms with Gasteiger partial charge in [-0.25, -0.2) is 4.57 Å². The monoisotopic (exact) mass is 530 g/mol. The van der Waals surface area contributed by atoms with Crippen LogP contribution in [0.2, 0.25) is 0 Å². The molecule has 0 saturated heterocycles. The molecule has 1 N–H and O–H groups in total. The van der Waals surface area contributed by atoms with Crippen LogP contribution in [0.3, 0.4) is 0 Å². The molecule has 1 aliphatic rings. The van der Waals surface area contributed by atoms with Crippen LogP contribution in [0.5, 0.6) is 11.5 Å². The van der Waals surface area contributed by atoms with Crippen molar-refractivity contribution in [3.63, 3.8) is 0 Å². The summed E-state index contributed by atoms with van der Waals surface area (Å²) in [7, 11) is -4.24. The van der Waals surface area contributed by atoms with Crippen LogP contribution in [0.1, 0.15) is 32.6 Å². The first-order valence-electron chi connectivity index (χ1n) is 11.2. The number of hydrogen-bond acceptors (Lipinski definition) is 7. The molecular weight excluding hydrogens is 504 g/mol. The topological polar surface area (TPSA) is 117 Å². The largest absolute Gasteiger partial charge is 0.513 e. The number of benzene rings is 2. The summed E-state index contributed by atoms with van der Waals surface area (Å²) in [5, 5.41) is 13.4. The Hall–Kier alpha value is -3.11. The van der Waals surface area contributed by atoms with Crippen LogP contribution in [-0.4, -0.2) is 29.7 Å². The molecule has 0 heterocycles. The third kappa shape index (κ3) is 7.96. The molecule has 0 aromatic heterocycles. The van der Waals surface area contributed by atoms with Gasteiger partial charge in [-0.1, -0.05) is 18.2 Å². The molecule has 0 spiro atoms. The summed E-state index contributed by atoms with van der Waals surface area (Å²) < 4.78 is 68.3. The molecule has 0 bridgehead atoms. The standard InChI is InChI=1S/C23H26F3N2O7P/c1-16(22(29)33-15-17-7-9-18(10-8-17)23(24,25)26)27-36(32,34-20-5-3-2-4-6-20)35-21-13-11-19(12-14-21)28(30)31/h2-6,11-14,16-18H,7-10,15H2,1H3,(H,27,32)/t16-,17?,18?,36?/m0/s1. The summed E-state index contributed by atoms with van der Waals surface area (Å²) in [6.45, 7) is 1.32. The minimum atomic E-state index is -4.24. The van der Waals surface area contributed by atoms with Crippen molar-refractivity contribution in [2.45, 2.75) is 44.8 Å². The number of nitro groups is 1. The van der Waals surface area contributed by atoms with E-state index >= 15 is 0 Å². The van der Waals surface area contributed by atoms with E-state index in [1.54, 1.807) is 18.2 Å². The maximum absolute atomic E-state index is 13.5. The Balaban J connectivity index is 1.62. The highest BCUT2D eigenvalue weighted by atomic mass is 31.2. The van der Waals surface area contributed by atoms with Crippen molar-refractivity contribution in [2.24, 2.45) is 11.8 Å². The fourth-order valence-corrected chi connectivity index (χ4v) is 5.25. The van der Waals surface area contributed by atoms with E-state index < -0.39 is 36.8 Å². The summed E-state index contributed by atoms with van der Waals surface area (Å²) in [4.78, 5) is 22.8. The van der Waals surface area contributed by atoms with Gasteiger partial charge in [-0.05, 0) is 62.8 Å². The number of nitro benzene ring substituents is 1. The normalized spacial score (nSPS) is 20.6. The number of carbonyl (C=O) groups excluding carboxylic acids is 1. The van der Waals surface area contributed by atoms with Gasteiger partial charge in [0.05, 0.1) is 17.4 Å². The first-order chi connectivity index (χ1) is 16.9. The van der Waals surface area contributed by atoms with E-state index in [0.717, 1.165) is 12.1 Å². The van der Waals surface area contributed by atoms with Crippen molar-refractivity contribution < 1.29 is 41.2 Å². The van der Waals surface area contributed by atoms with Gasteiger partial charge in [-0.15, -0.1) is 0 Å². The Morgan fingerprint density at radius 1 is 1.06 bits per heavy atom. The van der Waals surface area contributed by atoms with E-state index in [1.807, 2.05) is 0 Å². The Bertz CT molecular complexity index is 1080. The number of carbonyl (C=O) groups is 1. The highest BCUT2D eigenvalue weighted by Crippen LogP contribution is 2.45. The van der Waals surface area contributed by atoms with Crippen molar-refractivity contribution in [3.8, 4) is 11.5 Å². The first-order valence-corrected chi connectivity index (χ1v) is 12.8. The zero-order chi connectivity index (χ0) is 26.3. The zero-order valence-electron chi connectivity index (χ0n) is 19.3. The van der Waals surface area contributed by atoms with Crippen LogP contribution in [0, 0.1) is 22.0 Å². The summed E-state index contributed by atoms with van der Waals surface area (Å²) in [6, 6.07) is 11.7. The van der Waals surface area contributed by atoms with Gasteiger partial charge in [0.2, 0.25) is 0 Å². The smallest absolute Gasteiger partial charge is 0.464 e. The van der Waals surface area contributed by atoms with E-state index in [9.17, 15) is 32.6 Å². The van der Waals surface area contributed by atoms with Crippen molar-refractivity contribution in [1.29, 1.82) is 0 Å². The van der Waals surface area contributed by atoms with Crippen molar-refractivity contribution >= 4 is 19.4 Å². The number of nitrogens with one attached hydrogen (secondary N) is 1. The molecule has 1 unspecified atom stereocenters. The van der Waals surface area contributed by atoms with Gasteiger partial charge >= 0.3 is 19.9 Å². The second-order valence-electron chi connectivity index (χ2n) is 8.48. The minimum Gasteiger partial charge on any atom is -0.464 e. The van der Waals surface area contributed by atoms with Gasteiger partial charge in [0.25, 0.3) is 5.69 Å². The predicted molar refractivity (Wildman–Crippen MR) is 123 cm³/mol. The van der Waals surface area contributed by atoms with Crippen molar-refractivity contribution in [3.05, 3.63) is 64.7 Å². The molecule has 9 nitrogen and oxygen atoms in total. The van der Waals surface area contributed by atoms with Crippen LogP contribution in [0.4, 0.5) is 18.9 Å². The fourth-order valence-electron chi connectivity index (χ4n) is 3.73. The fraction of sp³-hybridized carbons (Fsp3) is 0.435. The average Bonchev–Trinajstić information content (AvgIpc) is 2.83. The molecule has 1 saturated carbocycles. The molecule has 2 aromatic rings. The summed E-state index contributed by atoms with van der Waals surface area (Å²) in [5.41, 5.74) is -0.199. The molecule has 36 heavy (non-hydrogen) atoms. The van der Waals surface area contributed by atoms with Gasteiger partial charge in [0.15, 0.2) is 0 Å². The van der Waals surface area contributed by atoms with Gasteiger partial charge in [-0.3, -0.25) is 14.9 Å². The number of hydrogen-bond donors (Lipinski definition) is 1. The summed E-state index contributed by atoms with van der Waals surface area (Å²) in [5.74, 6) is -2.13. The van der Waals surface area contributed by atoms with Crippen molar-refractivity contribution in [1.82, 2.24) is 5.09 Å². The number of esters is 1. The number of para-hydroxylation sites is 1. The Kier molecular flexibility index (Phi) is 8.97. The second-order valence-corrected chi connectivity index (χ2v) is 10.1. The lowest BCUT2D eigenvalue weighted by Crippen LogP contribution is -2.37. The van der Waals surface area contributed by atoms with E-state index in [2.05, 4.69) is 5.09 Å². The van der Waals surface area contributed by atoms with Crippen molar-refractivity contribution in [2.75, 3.05) is 6.61 Å². The molecule has 0 amide bonds. The van der Waals surface area contributed by atoms with Crippen LogP contribution in [0.15, 0.2) is 54.6 Å². The molecule has 0 radical (unpaired) electrons. The van der Waals surface area contributed by atoms with Crippen LogP contribution in [0.25, 0.3) is 0 Å². The lowest BCUT2D eigenvalue weighted by atomic mass is 9.82. The third-order valence-corrected chi connectivity index (χ3v) is 7.32. The molecule has 0 aliphatic heterocycles. The molecule has 1 aliphatic carbocycles. The van der Waals surface area contributed by atoms with Crippen LogP contribution in [-0.2, 0) is 14.1 Å². The minimum absolute atomic E-state index is 0.00523. The molecular formula is C23H26F3N2O7P. The predicted octanol–water partition coefficient (Wildman–Crippen LogP) is 6.05. The SMILES string of the molecule is C[C@H](NP(=O)(Oc1ccccc1)Oc1ccc([N+](=O)[O-])cc1)C(=O)OCC1CCC(C(F)(F)F)CC1. The molecule has 1 fully saturated rings. The molecule has 2 aromatic carbocycles. The van der Waals surface area contributed by atoms with E-state index in [-0.39, 0.29) is 55.4 Å². The van der Waals surface area contributed by atoms with Gasteiger partial charge in [0, 0.05) is 12.1 Å². The highest BCUT2D eigenvalue weighted by molar-refractivity contribution is 7.52. The van der Waals surface area contributed by atoms with E-state index in [4.69, 9.17) is 13.8 Å². The molecule has 196 valence electrons. The number of halogens is 3. The van der Waals surface area contributed by atoms with Crippen LogP contribution < -0.4 is 14.1 Å². The summed E-state index contributed by atoms with van der Waals surface area (Å²) >= 11 is 0. The van der Waals surface area contributed by atoms with Gasteiger partial charge < -0.3 is 13.8 Å². The first kappa shape index (κ1) is 27.5. The molecule has 13 heteroatoms. The summed E-state index contributed by atoms with van der Waals surface area (Å²) in [6.07, 6.45) is -3.66. The number of alkyl halides is 3.